The van der Waals surface area contributed by atoms with Crippen LogP contribution in [-0.4, -0.2) is 60.1 Å². The third-order valence-electron chi connectivity index (χ3n) is 3.85. The number of amides is 1. The van der Waals surface area contributed by atoms with Gasteiger partial charge in [-0.15, -0.1) is 0 Å². The van der Waals surface area contributed by atoms with Crippen molar-refractivity contribution in [2.75, 3.05) is 27.2 Å². The molecule has 21 heavy (non-hydrogen) atoms. The molecule has 1 N–H and O–H groups in total. The maximum atomic E-state index is 12.4. The second-order valence-corrected chi connectivity index (χ2v) is 5.99. The van der Waals surface area contributed by atoms with Crippen LogP contribution in [0.5, 0.6) is 0 Å². The van der Waals surface area contributed by atoms with Gasteiger partial charge in [0.15, 0.2) is 0 Å². The Bertz CT molecular complexity index is 525. The fourth-order valence-corrected chi connectivity index (χ4v) is 2.79. The predicted molar refractivity (Wildman–Crippen MR) is 84.9 cm³/mol. The number of likely N-dealkylation sites (N-methyl/N-ethyl adjacent to an activating group) is 1. The van der Waals surface area contributed by atoms with Crippen LogP contribution in [0.3, 0.4) is 0 Å². The van der Waals surface area contributed by atoms with Crippen LogP contribution >= 0.6 is 0 Å². The Morgan fingerprint density at radius 2 is 2.14 bits per heavy atom. The largest absolute Gasteiger partial charge is 0.391 e. The molecular weight excluding hydrogens is 264 g/mol. The first kappa shape index (κ1) is 15.7. The molecule has 2 rings (SSSR count). The van der Waals surface area contributed by atoms with Crippen LogP contribution in [0.2, 0.25) is 0 Å². The maximum Gasteiger partial charge on any atom is 0.246 e. The summed E-state index contributed by atoms with van der Waals surface area (Å²) in [6.45, 7) is 3.23. The number of hydrogen-bond acceptors (Lipinski definition) is 3. The highest BCUT2D eigenvalue weighted by Crippen LogP contribution is 2.19. The van der Waals surface area contributed by atoms with Gasteiger partial charge < -0.3 is 14.9 Å². The first-order valence-electron chi connectivity index (χ1n) is 7.34. The molecule has 1 aromatic carbocycles. The van der Waals surface area contributed by atoms with Crippen LogP contribution < -0.4 is 0 Å². The van der Waals surface area contributed by atoms with Crippen LogP contribution in [0.25, 0.3) is 6.08 Å². The van der Waals surface area contributed by atoms with Gasteiger partial charge in [-0.05, 0) is 44.6 Å². The van der Waals surface area contributed by atoms with E-state index in [1.807, 2.05) is 56.3 Å². The van der Waals surface area contributed by atoms with Crippen molar-refractivity contribution in [3.8, 4) is 0 Å². The van der Waals surface area contributed by atoms with E-state index in [2.05, 4.69) is 0 Å². The minimum Gasteiger partial charge on any atom is -0.391 e. The number of carbonyl (C=O) groups is 1. The number of β-amino-alcohol motifs (C(OH)–C–C–N with tert-alkyl or cyclic N) is 1. The van der Waals surface area contributed by atoms with Gasteiger partial charge in [-0.3, -0.25) is 4.79 Å². The lowest BCUT2D eigenvalue weighted by atomic mass is 10.1. The zero-order valence-electron chi connectivity index (χ0n) is 13.0. The smallest absolute Gasteiger partial charge is 0.246 e. The van der Waals surface area contributed by atoms with Crippen LogP contribution in [0.4, 0.5) is 0 Å². The highest BCUT2D eigenvalue weighted by Gasteiger charge is 2.33. The summed E-state index contributed by atoms with van der Waals surface area (Å²) in [6.07, 6.45) is 3.71. The fourth-order valence-electron chi connectivity index (χ4n) is 2.79. The lowest BCUT2D eigenvalue weighted by Gasteiger charge is -2.25. The Hall–Kier alpha value is -1.65. The fraction of sp³-hybridized carbons (Fsp3) is 0.471. The van der Waals surface area contributed by atoms with E-state index in [0.717, 1.165) is 17.7 Å². The number of nitrogens with zero attached hydrogens (tertiary/aromatic N) is 2. The van der Waals surface area contributed by atoms with Crippen LogP contribution in [0.1, 0.15) is 17.5 Å². The Morgan fingerprint density at radius 3 is 2.81 bits per heavy atom. The topological polar surface area (TPSA) is 43.8 Å². The molecule has 114 valence electrons. The number of carbonyl (C=O) groups excluding carboxylic acids is 1. The number of aliphatic hydroxyl groups excluding tert-OH is 1. The molecule has 0 aliphatic carbocycles. The third kappa shape index (κ3) is 4.16. The minimum absolute atomic E-state index is 0.0262. The Balaban J connectivity index is 2.06. The SMILES string of the molecule is Cc1ccccc1C=CC(=O)N1CC(O)CC1CN(C)C. The molecule has 0 aromatic heterocycles. The molecule has 0 spiro atoms. The Labute approximate surface area is 126 Å². The molecule has 2 unspecified atom stereocenters. The van der Waals surface area contributed by atoms with Crippen LogP contribution in [-0.2, 0) is 4.79 Å². The zero-order chi connectivity index (χ0) is 15.4. The molecule has 4 nitrogen and oxygen atoms in total. The van der Waals surface area contributed by atoms with Gasteiger partial charge in [-0.2, -0.15) is 0 Å². The summed E-state index contributed by atoms with van der Waals surface area (Å²) in [4.78, 5) is 16.2. The van der Waals surface area contributed by atoms with E-state index in [-0.39, 0.29) is 11.9 Å². The van der Waals surface area contributed by atoms with Gasteiger partial charge in [-0.25, -0.2) is 0 Å². The first-order chi connectivity index (χ1) is 9.97. The summed E-state index contributed by atoms with van der Waals surface area (Å²) >= 11 is 0. The van der Waals surface area contributed by atoms with Crippen molar-refractivity contribution < 1.29 is 9.90 Å². The quantitative estimate of drug-likeness (QED) is 0.855. The summed E-state index contributed by atoms with van der Waals surface area (Å²) in [5, 5.41) is 9.82. The van der Waals surface area contributed by atoms with Crippen molar-refractivity contribution in [3.05, 3.63) is 41.5 Å². The van der Waals surface area contributed by atoms with Crippen molar-refractivity contribution >= 4 is 12.0 Å². The van der Waals surface area contributed by atoms with Crippen molar-refractivity contribution in [2.45, 2.75) is 25.5 Å². The number of rotatable bonds is 4. The lowest BCUT2D eigenvalue weighted by molar-refractivity contribution is -0.127. The number of aryl methyl sites for hydroxylation is 1. The molecule has 1 heterocycles. The van der Waals surface area contributed by atoms with Gasteiger partial charge >= 0.3 is 0 Å². The van der Waals surface area contributed by atoms with Crippen molar-refractivity contribution in [3.63, 3.8) is 0 Å². The summed E-state index contributed by atoms with van der Waals surface area (Å²) in [7, 11) is 3.97. The third-order valence-corrected chi connectivity index (χ3v) is 3.85. The van der Waals surface area contributed by atoms with Crippen molar-refractivity contribution in [1.29, 1.82) is 0 Å². The summed E-state index contributed by atoms with van der Waals surface area (Å²) in [5.41, 5.74) is 2.20. The monoisotopic (exact) mass is 288 g/mol. The van der Waals surface area contributed by atoms with E-state index in [1.54, 1.807) is 11.0 Å². The predicted octanol–water partition coefficient (Wildman–Crippen LogP) is 1.53. The molecule has 1 fully saturated rings. The van der Waals surface area contributed by atoms with Gasteiger partial charge in [0.05, 0.1) is 6.10 Å². The maximum absolute atomic E-state index is 12.4. The van der Waals surface area contributed by atoms with E-state index in [0.29, 0.717) is 13.0 Å². The van der Waals surface area contributed by atoms with Gasteiger partial charge in [-0.1, -0.05) is 24.3 Å². The number of likely N-dealkylation sites (tertiary alicyclic amines) is 1. The summed E-state index contributed by atoms with van der Waals surface area (Å²) in [5.74, 6) is -0.0262. The summed E-state index contributed by atoms with van der Waals surface area (Å²) < 4.78 is 0. The van der Waals surface area contributed by atoms with Gasteiger partial charge in [0, 0.05) is 25.2 Å². The minimum atomic E-state index is -0.411. The molecule has 4 heteroatoms. The normalized spacial score (nSPS) is 22.4. The average Bonchev–Trinajstić information content (AvgIpc) is 2.77. The van der Waals surface area contributed by atoms with Gasteiger partial charge in [0.25, 0.3) is 0 Å². The van der Waals surface area contributed by atoms with Crippen molar-refractivity contribution in [1.82, 2.24) is 9.80 Å². The molecule has 1 aliphatic rings. The standard InChI is InChI=1S/C17H24N2O2/c1-13-6-4-5-7-14(13)8-9-17(21)19-12-16(20)10-15(19)11-18(2)3/h4-9,15-16,20H,10-12H2,1-3H3. The van der Waals surface area contributed by atoms with E-state index in [9.17, 15) is 9.90 Å². The average molecular weight is 288 g/mol. The molecule has 2 atom stereocenters. The van der Waals surface area contributed by atoms with Gasteiger partial charge in [0.2, 0.25) is 5.91 Å². The van der Waals surface area contributed by atoms with E-state index in [4.69, 9.17) is 0 Å². The van der Waals surface area contributed by atoms with Gasteiger partial charge in [0.1, 0.15) is 0 Å². The Kier molecular flexibility index (Phi) is 5.15. The highest BCUT2D eigenvalue weighted by atomic mass is 16.3. The number of hydrogen-bond donors (Lipinski definition) is 1. The van der Waals surface area contributed by atoms with Crippen LogP contribution in [0, 0.1) is 6.92 Å². The number of benzene rings is 1. The van der Waals surface area contributed by atoms with E-state index < -0.39 is 6.10 Å². The zero-order valence-corrected chi connectivity index (χ0v) is 13.0. The lowest BCUT2D eigenvalue weighted by Crippen LogP contribution is -2.40. The molecule has 0 saturated carbocycles. The van der Waals surface area contributed by atoms with Crippen molar-refractivity contribution in [2.24, 2.45) is 0 Å². The molecular formula is C17H24N2O2. The Morgan fingerprint density at radius 1 is 1.43 bits per heavy atom. The molecule has 1 amide bonds. The van der Waals surface area contributed by atoms with Crippen LogP contribution in [0.15, 0.2) is 30.3 Å². The molecule has 1 aromatic rings. The highest BCUT2D eigenvalue weighted by molar-refractivity contribution is 5.92. The summed E-state index contributed by atoms with van der Waals surface area (Å²) in [6, 6.07) is 8.06. The second kappa shape index (κ2) is 6.87. The molecule has 0 radical (unpaired) electrons. The molecule has 1 saturated heterocycles. The van der Waals surface area contributed by atoms with E-state index >= 15 is 0 Å². The molecule has 0 bridgehead atoms. The number of aliphatic hydroxyl groups is 1. The first-order valence-corrected chi connectivity index (χ1v) is 7.34. The second-order valence-electron chi connectivity index (χ2n) is 5.99. The van der Waals surface area contributed by atoms with E-state index in [1.165, 1.54) is 0 Å². The molecule has 1 aliphatic heterocycles.